The zero-order chi connectivity index (χ0) is 10.5. The molecule has 0 aliphatic rings. The molecule has 78 valence electrons. The standard InChI is InChI=1S/C7H15O5P/c1-6(2)5-7(8)12-13(9,10-3)11-4/h6H,5H2,1-4H3. The molecule has 0 bridgehead atoms. The summed E-state index contributed by atoms with van der Waals surface area (Å²) in [7, 11) is -1.32. The SMILES string of the molecule is COP(=O)(OC)OC(=O)CC(C)C. The van der Waals surface area contributed by atoms with E-state index in [1.54, 1.807) is 0 Å². The molecule has 6 heteroatoms. The van der Waals surface area contributed by atoms with Gasteiger partial charge in [0.05, 0.1) is 0 Å². The van der Waals surface area contributed by atoms with Crippen LogP contribution in [0, 0.1) is 5.92 Å². The van der Waals surface area contributed by atoms with Gasteiger partial charge in [-0.05, 0) is 5.92 Å². The molecule has 0 aliphatic heterocycles. The summed E-state index contributed by atoms with van der Waals surface area (Å²) in [5, 5.41) is 0. The first-order valence-corrected chi connectivity index (χ1v) is 5.33. The smallest absolute Gasteiger partial charge is 0.370 e. The van der Waals surface area contributed by atoms with E-state index < -0.39 is 13.8 Å². The highest BCUT2D eigenvalue weighted by Gasteiger charge is 2.27. The number of carbonyl (C=O) groups excluding carboxylic acids is 1. The predicted octanol–water partition coefficient (Wildman–Crippen LogP) is 1.98. The van der Waals surface area contributed by atoms with Crippen LogP contribution >= 0.6 is 7.82 Å². The number of hydrogen-bond donors (Lipinski definition) is 0. The topological polar surface area (TPSA) is 61.8 Å². The minimum Gasteiger partial charge on any atom is -0.370 e. The molecular weight excluding hydrogens is 195 g/mol. The van der Waals surface area contributed by atoms with E-state index in [4.69, 9.17) is 0 Å². The molecule has 0 aromatic rings. The largest absolute Gasteiger partial charge is 0.531 e. The maximum Gasteiger partial charge on any atom is 0.531 e. The molecule has 0 heterocycles. The number of hydrogen-bond acceptors (Lipinski definition) is 5. The first-order chi connectivity index (χ1) is 5.93. The molecule has 0 aromatic carbocycles. The van der Waals surface area contributed by atoms with Crippen LogP contribution in [0.25, 0.3) is 0 Å². The van der Waals surface area contributed by atoms with Crippen LogP contribution in [0.2, 0.25) is 0 Å². The minimum atomic E-state index is -3.64. The fraction of sp³-hybridized carbons (Fsp3) is 0.857. The van der Waals surface area contributed by atoms with Crippen LogP contribution in [0.5, 0.6) is 0 Å². The first kappa shape index (κ1) is 12.6. The quantitative estimate of drug-likeness (QED) is 0.649. The summed E-state index contributed by atoms with van der Waals surface area (Å²) < 4.78 is 24.6. The monoisotopic (exact) mass is 210 g/mol. The third kappa shape index (κ3) is 5.03. The zero-order valence-corrected chi connectivity index (χ0v) is 9.17. The van der Waals surface area contributed by atoms with E-state index in [9.17, 15) is 9.36 Å². The average Bonchev–Trinajstić information content (AvgIpc) is 2.02. The molecule has 0 fully saturated rings. The second kappa shape index (κ2) is 5.37. The van der Waals surface area contributed by atoms with Gasteiger partial charge in [0.25, 0.3) is 0 Å². The van der Waals surface area contributed by atoms with Gasteiger partial charge in [-0.1, -0.05) is 13.8 Å². The number of phosphoric ester groups is 1. The van der Waals surface area contributed by atoms with Crippen molar-refractivity contribution in [3.8, 4) is 0 Å². The van der Waals surface area contributed by atoms with Crippen LogP contribution in [0.1, 0.15) is 20.3 Å². The highest BCUT2D eigenvalue weighted by molar-refractivity contribution is 7.49. The Kier molecular flexibility index (Phi) is 5.21. The molecule has 0 atom stereocenters. The Hall–Kier alpha value is -0.380. The van der Waals surface area contributed by atoms with E-state index in [-0.39, 0.29) is 12.3 Å². The Bertz CT molecular complexity index is 205. The summed E-state index contributed by atoms with van der Waals surface area (Å²) >= 11 is 0. The molecule has 0 radical (unpaired) electrons. The Morgan fingerprint density at radius 2 is 1.77 bits per heavy atom. The molecule has 0 rings (SSSR count). The second-order valence-electron chi connectivity index (χ2n) is 2.87. The Balaban J connectivity index is 4.10. The summed E-state index contributed by atoms with van der Waals surface area (Å²) in [6.07, 6.45) is 0.191. The third-order valence-electron chi connectivity index (χ3n) is 1.24. The van der Waals surface area contributed by atoms with Crippen molar-refractivity contribution in [1.29, 1.82) is 0 Å². The lowest BCUT2D eigenvalue weighted by Crippen LogP contribution is -2.07. The molecular formula is C7H15O5P. The van der Waals surface area contributed by atoms with E-state index >= 15 is 0 Å². The van der Waals surface area contributed by atoms with Gasteiger partial charge in [-0.3, -0.25) is 13.8 Å². The second-order valence-corrected chi connectivity index (χ2v) is 4.68. The highest BCUT2D eigenvalue weighted by Crippen LogP contribution is 2.47. The first-order valence-electron chi connectivity index (χ1n) is 3.87. The summed E-state index contributed by atoms with van der Waals surface area (Å²) in [6, 6.07) is 0. The van der Waals surface area contributed by atoms with Crippen LogP contribution in [0.3, 0.4) is 0 Å². The summed E-state index contributed by atoms with van der Waals surface area (Å²) in [6.45, 7) is 3.71. The van der Waals surface area contributed by atoms with Crippen molar-refractivity contribution in [3.63, 3.8) is 0 Å². The van der Waals surface area contributed by atoms with Gasteiger partial charge < -0.3 is 4.52 Å². The van der Waals surface area contributed by atoms with E-state index in [0.29, 0.717) is 0 Å². The van der Waals surface area contributed by atoms with Gasteiger partial charge >= 0.3 is 13.8 Å². The van der Waals surface area contributed by atoms with E-state index in [0.717, 1.165) is 14.2 Å². The van der Waals surface area contributed by atoms with Gasteiger partial charge in [-0.2, -0.15) is 0 Å². The van der Waals surface area contributed by atoms with Gasteiger partial charge in [0.15, 0.2) is 0 Å². The molecule has 0 amide bonds. The normalized spacial score (nSPS) is 11.8. The Morgan fingerprint density at radius 1 is 1.31 bits per heavy atom. The predicted molar refractivity (Wildman–Crippen MR) is 47.2 cm³/mol. The molecule has 0 aliphatic carbocycles. The van der Waals surface area contributed by atoms with Crippen LogP contribution in [0.15, 0.2) is 0 Å². The molecule has 5 nitrogen and oxygen atoms in total. The average molecular weight is 210 g/mol. The van der Waals surface area contributed by atoms with Gasteiger partial charge in [0.1, 0.15) is 0 Å². The van der Waals surface area contributed by atoms with Crippen molar-refractivity contribution in [3.05, 3.63) is 0 Å². The summed E-state index contributed by atoms with van der Waals surface area (Å²) in [4.78, 5) is 11.0. The van der Waals surface area contributed by atoms with Crippen molar-refractivity contribution in [2.75, 3.05) is 14.2 Å². The highest BCUT2D eigenvalue weighted by atomic mass is 31.2. The Morgan fingerprint density at radius 3 is 2.08 bits per heavy atom. The van der Waals surface area contributed by atoms with Crippen molar-refractivity contribution < 1.29 is 22.9 Å². The van der Waals surface area contributed by atoms with Gasteiger partial charge in [-0.15, -0.1) is 0 Å². The maximum atomic E-state index is 11.3. The molecule has 0 aromatic heterocycles. The lowest BCUT2D eigenvalue weighted by Gasteiger charge is -2.13. The molecule has 0 spiro atoms. The Labute approximate surface area is 78.0 Å². The zero-order valence-electron chi connectivity index (χ0n) is 8.27. The van der Waals surface area contributed by atoms with Crippen LogP contribution < -0.4 is 0 Å². The van der Waals surface area contributed by atoms with Crippen molar-refractivity contribution in [2.24, 2.45) is 5.92 Å². The minimum absolute atomic E-state index is 0.148. The maximum absolute atomic E-state index is 11.3. The summed E-state index contributed by atoms with van der Waals surface area (Å²) in [5.74, 6) is -0.434. The number of rotatable bonds is 5. The molecule has 0 saturated carbocycles. The lowest BCUT2D eigenvalue weighted by molar-refractivity contribution is -0.136. The summed E-state index contributed by atoms with van der Waals surface area (Å²) in [5.41, 5.74) is 0. The van der Waals surface area contributed by atoms with Crippen molar-refractivity contribution >= 4 is 13.8 Å². The lowest BCUT2D eigenvalue weighted by atomic mass is 10.1. The van der Waals surface area contributed by atoms with Crippen LogP contribution in [-0.2, 0) is 22.9 Å². The van der Waals surface area contributed by atoms with Gasteiger partial charge in [-0.25, -0.2) is 4.57 Å². The molecule has 0 unspecified atom stereocenters. The van der Waals surface area contributed by atoms with Gasteiger partial charge in [0.2, 0.25) is 0 Å². The fourth-order valence-corrected chi connectivity index (χ4v) is 1.27. The molecule has 13 heavy (non-hydrogen) atoms. The van der Waals surface area contributed by atoms with Crippen molar-refractivity contribution in [1.82, 2.24) is 0 Å². The molecule has 0 saturated heterocycles. The number of carbonyl (C=O) groups is 1. The third-order valence-corrected chi connectivity index (χ3v) is 2.56. The van der Waals surface area contributed by atoms with E-state index in [2.05, 4.69) is 13.6 Å². The molecule has 0 N–H and O–H groups in total. The van der Waals surface area contributed by atoms with Crippen LogP contribution in [0.4, 0.5) is 0 Å². The van der Waals surface area contributed by atoms with Gasteiger partial charge in [0, 0.05) is 20.6 Å². The van der Waals surface area contributed by atoms with Crippen LogP contribution in [-0.4, -0.2) is 20.2 Å². The van der Waals surface area contributed by atoms with E-state index in [1.807, 2.05) is 13.8 Å². The fourth-order valence-electron chi connectivity index (χ4n) is 0.644. The van der Waals surface area contributed by atoms with E-state index in [1.165, 1.54) is 0 Å². The van der Waals surface area contributed by atoms with Crippen molar-refractivity contribution in [2.45, 2.75) is 20.3 Å². The number of phosphoric acid groups is 1.